The molecule has 0 aromatic carbocycles. The Balaban J connectivity index is 0.00000484. The summed E-state index contributed by atoms with van der Waals surface area (Å²) in [5, 5.41) is 6.75. The summed E-state index contributed by atoms with van der Waals surface area (Å²) in [5.74, 6) is 1.19. The Kier molecular flexibility index (Phi) is 11.6. The van der Waals surface area contributed by atoms with Gasteiger partial charge in [0.1, 0.15) is 0 Å². The van der Waals surface area contributed by atoms with Crippen LogP contribution in [0.3, 0.4) is 0 Å². The molecule has 1 atom stereocenters. The number of nitrogens with zero attached hydrogens (tertiary/aromatic N) is 3. The van der Waals surface area contributed by atoms with Crippen molar-refractivity contribution < 1.29 is 4.79 Å². The second-order valence-corrected chi connectivity index (χ2v) is 6.49. The minimum Gasteiger partial charge on any atom is -0.357 e. The predicted octanol–water partition coefficient (Wildman–Crippen LogP) is 1.37. The number of aliphatic imine (C=N–C) groups is 1. The van der Waals surface area contributed by atoms with E-state index in [-0.39, 0.29) is 35.8 Å². The van der Waals surface area contributed by atoms with Crippen LogP contribution in [0.15, 0.2) is 4.99 Å². The van der Waals surface area contributed by atoms with Gasteiger partial charge in [0.2, 0.25) is 5.91 Å². The summed E-state index contributed by atoms with van der Waals surface area (Å²) in [7, 11) is 4.15. The zero-order valence-electron chi connectivity index (χ0n) is 15.3. The highest BCUT2D eigenvalue weighted by molar-refractivity contribution is 14.0. The highest BCUT2D eigenvalue weighted by Gasteiger charge is 2.27. The third-order valence-corrected chi connectivity index (χ3v) is 3.71. The fourth-order valence-electron chi connectivity index (χ4n) is 2.53. The summed E-state index contributed by atoms with van der Waals surface area (Å²) in [6, 6.07) is 0.300. The molecule has 1 rings (SSSR count). The van der Waals surface area contributed by atoms with Crippen molar-refractivity contribution >= 4 is 35.8 Å². The molecule has 0 spiro atoms. The molecule has 1 heterocycles. The zero-order valence-corrected chi connectivity index (χ0v) is 17.6. The van der Waals surface area contributed by atoms with Crippen molar-refractivity contribution in [2.45, 2.75) is 39.7 Å². The normalized spacial score (nSPS) is 18.3. The van der Waals surface area contributed by atoms with E-state index in [0.717, 1.165) is 51.5 Å². The Morgan fingerprint density at radius 3 is 2.65 bits per heavy atom. The van der Waals surface area contributed by atoms with Gasteiger partial charge in [-0.1, -0.05) is 13.8 Å². The van der Waals surface area contributed by atoms with Gasteiger partial charge in [-0.3, -0.25) is 9.79 Å². The van der Waals surface area contributed by atoms with E-state index in [9.17, 15) is 4.79 Å². The van der Waals surface area contributed by atoms with Gasteiger partial charge in [-0.25, -0.2) is 0 Å². The summed E-state index contributed by atoms with van der Waals surface area (Å²) < 4.78 is 0. The number of amides is 1. The van der Waals surface area contributed by atoms with E-state index in [1.54, 1.807) is 0 Å². The summed E-state index contributed by atoms with van der Waals surface area (Å²) >= 11 is 0. The van der Waals surface area contributed by atoms with Crippen LogP contribution in [0.4, 0.5) is 0 Å². The highest BCUT2D eigenvalue weighted by Crippen LogP contribution is 2.12. The van der Waals surface area contributed by atoms with E-state index < -0.39 is 0 Å². The molecule has 1 saturated heterocycles. The van der Waals surface area contributed by atoms with E-state index >= 15 is 0 Å². The van der Waals surface area contributed by atoms with Crippen molar-refractivity contribution in [1.29, 1.82) is 0 Å². The Labute approximate surface area is 158 Å². The lowest BCUT2D eigenvalue weighted by Crippen LogP contribution is -2.45. The lowest BCUT2D eigenvalue weighted by atomic mass is 10.2. The molecule has 0 radical (unpaired) electrons. The van der Waals surface area contributed by atoms with Crippen LogP contribution in [0.25, 0.3) is 0 Å². The summed E-state index contributed by atoms with van der Waals surface area (Å²) in [6.45, 7) is 10.3. The molecular formula is C16H34IN5O. The molecule has 0 saturated carbocycles. The maximum absolute atomic E-state index is 12.0. The number of halogens is 1. The van der Waals surface area contributed by atoms with Crippen molar-refractivity contribution in [3.8, 4) is 0 Å². The van der Waals surface area contributed by atoms with Gasteiger partial charge < -0.3 is 20.4 Å². The van der Waals surface area contributed by atoms with Crippen LogP contribution in [-0.2, 0) is 4.79 Å². The number of likely N-dealkylation sites (tertiary alicyclic amines) is 1. The van der Waals surface area contributed by atoms with E-state index in [1.807, 2.05) is 18.7 Å². The maximum atomic E-state index is 12.0. The highest BCUT2D eigenvalue weighted by atomic mass is 127. The second-order valence-electron chi connectivity index (χ2n) is 6.49. The molecule has 1 amide bonds. The zero-order chi connectivity index (χ0) is 16.5. The summed E-state index contributed by atoms with van der Waals surface area (Å²) in [6.07, 6.45) is 2.03. The quantitative estimate of drug-likeness (QED) is 0.272. The van der Waals surface area contributed by atoms with Gasteiger partial charge in [0.25, 0.3) is 0 Å². The monoisotopic (exact) mass is 439 g/mol. The first-order valence-electron chi connectivity index (χ1n) is 8.42. The first kappa shape index (κ1) is 22.4. The Bertz CT molecular complexity index is 373. The van der Waals surface area contributed by atoms with Crippen molar-refractivity contribution in [1.82, 2.24) is 20.4 Å². The van der Waals surface area contributed by atoms with Crippen molar-refractivity contribution in [2.75, 3.05) is 46.8 Å². The van der Waals surface area contributed by atoms with Gasteiger partial charge in [0.05, 0.1) is 0 Å². The number of carbonyl (C=O) groups is 1. The maximum Gasteiger partial charge on any atom is 0.225 e. The van der Waals surface area contributed by atoms with Crippen LogP contribution >= 0.6 is 24.0 Å². The summed E-state index contributed by atoms with van der Waals surface area (Å²) in [4.78, 5) is 20.8. The number of hydrogen-bond acceptors (Lipinski definition) is 3. The van der Waals surface area contributed by atoms with E-state index in [1.165, 1.54) is 0 Å². The predicted molar refractivity (Wildman–Crippen MR) is 108 cm³/mol. The topological polar surface area (TPSA) is 60.0 Å². The molecule has 0 bridgehead atoms. The van der Waals surface area contributed by atoms with Crippen molar-refractivity contribution in [2.24, 2.45) is 10.9 Å². The molecular weight excluding hydrogens is 405 g/mol. The van der Waals surface area contributed by atoms with Gasteiger partial charge in [0.15, 0.2) is 5.96 Å². The average Bonchev–Trinajstić information content (AvgIpc) is 2.91. The number of carbonyl (C=O) groups excluding carboxylic acids is 1. The van der Waals surface area contributed by atoms with Gasteiger partial charge in [-0.15, -0.1) is 24.0 Å². The minimum atomic E-state index is 0. The third-order valence-electron chi connectivity index (χ3n) is 3.71. The molecule has 0 aromatic rings. The van der Waals surface area contributed by atoms with Gasteiger partial charge >= 0.3 is 0 Å². The molecule has 6 nitrogen and oxygen atoms in total. The largest absolute Gasteiger partial charge is 0.357 e. The Morgan fingerprint density at radius 2 is 2.09 bits per heavy atom. The fourth-order valence-corrected chi connectivity index (χ4v) is 2.53. The van der Waals surface area contributed by atoms with E-state index in [0.29, 0.717) is 6.04 Å². The van der Waals surface area contributed by atoms with Gasteiger partial charge in [-0.2, -0.15) is 0 Å². The van der Waals surface area contributed by atoms with Gasteiger partial charge in [0, 0.05) is 38.1 Å². The Morgan fingerprint density at radius 1 is 1.39 bits per heavy atom. The number of rotatable bonds is 7. The third kappa shape index (κ3) is 8.74. The van der Waals surface area contributed by atoms with E-state index in [2.05, 4.69) is 41.5 Å². The van der Waals surface area contributed by atoms with Crippen LogP contribution in [0.1, 0.15) is 33.6 Å². The number of hydrogen-bond donors (Lipinski definition) is 2. The van der Waals surface area contributed by atoms with Crippen LogP contribution in [0.5, 0.6) is 0 Å². The van der Waals surface area contributed by atoms with Gasteiger partial charge in [-0.05, 0) is 40.4 Å². The molecule has 23 heavy (non-hydrogen) atoms. The first-order chi connectivity index (χ1) is 10.4. The number of nitrogens with one attached hydrogen (secondary N) is 2. The van der Waals surface area contributed by atoms with Crippen molar-refractivity contribution in [3.05, 3.63) is 0 Å². The summed E-state index contributed by atoms with van der Waals surface area (Å²) in [5.41, 5.74) is 0. The standard InChI is InChI=1S/C16H33N5O.HI/c1-6-17-16(18-9-7-10-20(4)5)19-14-8-11-21(12-14)15(22)13(2)3;/h13-14H,6-12H2,1-5H3,(H2,17,18,19);1H. The Hall–Kier alpha value is -0.570. The minimum absolute atomic E-state index is 0. The van der Waals surface area contributed by atoms with Crippen molar-refractivity contribution in [3.63, 3.8) is 0 Å². The molecule has 0 aromatic heterocycles. The molecule has 1 fully saturated rings. The average molecular weight is 439 g/mol. The molecule has 2 N–H and O–H groups in total. The molecule has 1 aliphatic rings. The van der Waals surface area contributed by atoms with Crippen LogP contribution < -0.4 is 10.6 Å². The lowest BCUT2D eigenvalue weighted by Gasteiger charge is -2.20. The molecule has 1 aliphatic heterocycles. The second kappa shape index (κ2) is 11.9. The van der Waals surface area contributed by atoms with E-state index in [4.69, 9.17) is 0 Å². The van der Waals surface area contributed by atoms with Crippen LogP contribution in [0.2, 0.25) is 0 Å². The molecule has 0 aliphatic carbocycles. The number of guanidine groups is 1. The fraction of sp³-hybridized carbons (Fsp3) is 0.875. The van der Waals surface area contributed by atoms with Crippen LogP contribution in [0, 0.1) is 5.92 Å². The molecule has 7 heteroatoms. The first-order valence-corrected chi connectivity index (χ1v) is 8.42. The lowest BCUT2D eigenvalue weighted by molar-refractivity contribution is -0.133. The SMILES string of the molecule is CCNC(=NCCCN(C)C)NC1CCN(C(=O)C(C)C)C1.I. The van der Waals surface area contributed by atoms with Crippen LogP contribution in [-0.4, -0.2) is 74.5 Å². The smallest absolute Gasteiger partial charge is 0.225 e. The molecule has 1 unspecified atom stereocenters. The molecule has 136 valence electrons.